The van der Waals surface area contributed by atoms with E-state index in [2.05, 4.69) is 22.8 Å². The number of hydrogen-bond donors (Lipinski definition) is 2. The first kappa shape index (κ1) is 26.9. The van der Waals surface area contributed by atoms with E-state index in [1.165, 1.54) is 5.56 Å². The molecule has 2 atom stereocenters. The molecule has 3 aromatic rings. The van der Waals surface area contributed by atoms with Crippen LogP contribution in [0.1, 0.15) is 56.7 Å². The summed E-state index contributed by atoms with van der Waals surface area (Å²) in [6.07, 6.45) is 2.37. The molecule has 0 amide bonds. The molecule has 0 unspecified atom stereocenters. The Morgan fingerprint density at radius 1 is 1.03 bits per heavy atom. The fourth-order valence-electron chi connectivity index (χ4n) is 4.03. The molecule has 0 aliphatic rings. The Morgan fingerprint density at radius 3 is 2.40 bits per heavy atom. The van der Waals surface area contributed by atoms with Crippen molar-refractivity contribution < 1.29 is 13.9 Å². The van der Waals surface area contributed by atoms with Crippen molar-refractivity contribution in [3.8, 4) is 11.5 Å². The number of Topliss-reactive ketones (excluding diaryl/α,β-unsaturated/α-hetero) is 1. The summed E-state index contributed by atoms with van der Waals surface area (Å²) in [7, 11) is 0. The third kappa shape index (κ3) is 8.46. The summed E-state index contributed by atoms with van der Waals surface area (Å²) in [5.41, 5.74) is 1.71. The van der Waals surface area contributed by atoms with Crippen molar-refractivity contribution in [1.82, 2.24) is 10.6 Å². The maximum atomic E-state index is 15.4. The van der Waals surface area contributed by atoms with Gasteiger partial charge < -0.3 is 15.4 Å². The second-order valence-corrected chi connectivity index (χ2v) is 9.14. The number of para-hydroxylation sites is 1. The van der Waals surface area contributed by atoms with Crippen LogP contribution in [0.4, 0.5) is 4.39 Å². The zero-order valence-electron chi connectivity index (χ0n) is 20.4. The minimum absolute atomic E-state index is 0.0161. The minimum Gasteiger partial charge on any atom is -0.453 e. The zero-order chi connectivity index (χ0) is 25.0. The predicted octanol–water partition coefficient (Wildman–Crippen LogP) is 7.23. The number of hydrogen-bond acceptors (Lipinski definition) is 4. The van der Waals surface area contributed by atoms with Gasteiger partial charge in [-0.15, -0.1) is 0 Å². The van der Waals surface area contributed by atoms with Gasteiger partial charge in [-0.3, -0.25) is 4.79 Å². The predicted molar refractivity (Wildman–Crippen MR) is 141 cm³/mol. The molecule has 0 spiro atoms. The van der Waals surface area contributed by atoms with E-state index >= 15 is 4.39 Å². The van der Waals surface area contributed by atoms with E-state index in [4.69, 9.17) is 16.3 Å². The monoisotopic (exact) mass is 496 g/mol. The van der Waals surface area contributed by atoms with Crippen LogP contribution in [-0.2, 0) is 11.3 Å². The molecule has 0 aromatic heterocycles. The molecule has 0 saturated heterocycles. The normalized spacial score (nSPS) is 12.8. The summed E-state index contributed by atoms with van der Waals surface area (Å²) >= 11 is 6.24. The summed E-state index contributed by atoms with van der Waals surface area (Å²) in [5, 5.41) is 7.00. The molecule has 0 fully saturated rings. The summed E-state index contributed by atoms with van der Waals surface area (Å²) in [4.78, 5) is 12.5. The van der Waals surface area contributed by atoms with Gasteiger partial charge in [-0.2, -0.15) is 0 Å². The number of carbonyl (C=O) groups is 1. The first-order chi connectivity index (χ1) is 17.0. The molecular weight excluding hydrogens is 463 g/mol. The van der Waals surface area contributed by atoms with Gasteiger partial charge in [-0.25, -0.2) is 4.39 Å². The SMILES string of the molecule is CC[C@@H](N[C@@H](C)CC(=O)CCCNCc1ccccc1)c1ccc(Cl)c(Oc2ccccc2)c1F. The molecule has 0 radical (unpaired) electrons. The van der Waals surface area contributed by atoms with Crippen molar-refractivity contribution >= 4 is 17.4 Å². The van der Waals surface area contributed by atoms with E-state index in [1.807, 2.05) is 50.2 Å². The van der Waals surface area contributed by atoms with E-state index in [1.54, 1.807) is 24.3 Å². The molecule has 0 aliphatic heterocycles. The average molecular weight is 497 g/mol. The molecule has 3 rings (SSSR count). The Morgan fingerprint density at radius 2 is 1.71 bits per heavy atom. The fourth-order valence-corrected chi connectivity index (χ4v) is 4.21. The molecule has 6 heteroatoms. The molecule has 2 N–H and O–H groups in total. The lowest BCUT2D eigenvalue weighted by Crippen LogP contribution is -2.32. The number of carbonyl (C=O) groups excluding carboxylic acids is 1. The fraction of sp³-hybridized carbons (Fsp3) is 0.345. The lowest BCUT2D eigenvalue weighted by molar-refractivity contribution is -0.119. The van der Waals surface area contributed by atoms with E-state index in [9.17, 15) is 4.79 Å². The highest BCUT2D eigenvalue weighted by atomic mass is 35.5. The summed E-state index contributed by atoms with van der Waals surface area (Å²) in [6, 6.07) is 22.2. The van der Waals surface area contributed by atoms with Gasteiger partial charge in [-0.1, -0.05) is 73.1 Å². The van der Waals surface area contributed by atoms with Crippen molar-refractivity contribution in [2.24, 2.45) is 0 Å². The highest BCUT2D eigenvalue weighted by Crippen LogP contribution is 2.36. The Bertz CT molecular complexity index is 1060. The molecule has 3 aromatic carbocycles. The van der Waals surface area contributed by atoms with Crippen molar-refractivity contribution in [2.75, 3.05) is 6.54 Å². The van der Waals surface area contributed by atoms with Crippen LogP contribution >= 0.6 is 11.6 Å². The summed E-state index contributed by atoms with van der Waals surface area (Å²) < 4.78 is 21.1. The third-order valence-electron chi connectivity index (χ3n) is 5.83. The van der Waals surface area contributed by atoms with Gasteiger partial charge in [0, 0.05) is 37.0 Å². The first-order valence-corrected chi connectivity index (χ1v) is 12.6. The largest absolute Gasteiger partial charge is 0.453 e. The topological polar surface area (TPSA) is 50.4 Å². The molecule has 35 heavy (non-hydrogen) atoms. The summed E-state index contributed by atoms with van der Waals surface area (Å²) in [6.45, 7) is 5.54. The maximum Gasteiger partial charge on any atom is 0.181 e. The molecule has 4 nitrogen and oxygen atoms in total. The van der Waals surface area contributed by atoms with E-state index in [-0.39, 0.29) is 28.6 Å². The number of rotatable bonds is 14. The van der Waals surface area contributed by atoms with Crippen molar-refractivity contribution in [3.05, 3.63) is 94.8 Å². The highest BCUT2D eigenvalue weighted by molar-refractivity contribution is 6.32. The third-order valence-corrected chi connectivity index (χ3v) is 6.12. The summed E-state index contributed by atoms with van der Waals surface area (Å²) in [5.74, 6) is 0.251. The minimum atomic E-state index is -0.483. The van der Waals surface area contributed by atoms with E-state index < -0.39 is 5.82 Å². The smallest absolute Gasteiger partial charge is 0.181 e. The van der Waals surface area contributed by atoms with Crippen LogP contribution in [-0.4, -0.2) is 18.4 Å². The number of benzene rings is 3. The van der Waals surface area contributed by atoms with Crippen LogP contribution < -0.4 is 15.4 Å². The van der Waals surface area contributed by atoms with Gasteiger partial charge in [0.1, 0.15) is 11.5 Å². The first-order valence-electron chi connectivity index (χ1n) is 12.2. The maximum absolute atomic E-state index is 15.4. The Hall–Kier alpha value is -2.73. The second kappa shape index (κ2) is 14.0. The zero-order valence-corrected chi connectivity index (χ0v) is 21.2. The number of halogens is 2. The van der Waals surface area contributed by atoms with Crippen molar-refractivity contribution in [1.29, 1.82) is 0 Å². The van der Waals surface area contributed by atoms with Crippen LogP contribution in [0, 0.1) is 5.82 Å². The van der Waals surface area contributed by atoms with Crippen LogP contribution in [0.3, 0.4) is 0 Å². The molecule has 0 heterocycles. The van der Waals surface area contributed by atoms with Gasteiger partial charge in [-0.05, 0) is 50.1 Å². The molecule has 186 valence electrons. The Labute approximate surface area is 212 Å². The molecule has 0 bridgehead atoms. The average Bonchev–Trinajstić information content (AvgIpc) is 2.86. The van der Waals surface area contributed by atoms with Gasteiger partial charge in [0.2, 0.25) is 0 Å². The number of ether oxygens (including phenoxy) is 1. The van der Waals surface area contributed by atoms with E-state index in [0.717, 1.165) is 19.5 Å². The standard InChI is InChI=1S/C29H34ClFN2O2/c1-3-27(25-16-17-26(30)29(28(25)31)35-24-14-8-5-9-15-24)33-21(2)19-23(34)13-10-18-32-20-22-11-6-4-7-12-22/h4-9,11-12,14-17,21,27,32-33H,3,10,13,18-20H2,1-2H3/t21-,27+/m0/s1. The van der Waals surface area contributed by atoms with Crippen LogP contribution in [0.5, 0.6) is 11.5 Å². The van der Waals surface area contributed by atoms with E-state index in [0.29, 0.717) is 30.6 Å². The molecular formula is C29H34ClFN2O2. The second-order valence-electron chi connectivity index (χ2n) is 8.73. The highest BCUT2D eigenvalue weighted by Gasteiger charge is 2.22. The molecule has 0 aliphatic carbocycles. The van der Waals surface area contributed by atoms with Crippen molar-refractivity contribution in [3.63, 3.8) is 0 Å². The van der Waals surface area contributed by atoms with Crippen molar-refractivity contribution in [2.45, 2.75) is 58.2 Å². The Balaban J connectivity index is 1.50. The van der Waals surface area contributed by atoms with Gasteiger partial charge >= 0.3 is 0 Å². The quantitative estimate of drug-likeness (QED) is 0.231. The van der Waals surface area contributed by atoms with Crippen LogP contribution in [0.15, 0.2) is 72.8 Å². The molecule has 0 saturated carbocycles. The lowest BCUT2D eigenvalue weighted by atomic mass is 10.0. The number of ketones is 1. The van der Waals surface area contributed by atoms with Gasteiger partial charge in [0.15, 0.2) is 11.6 Å². The van der Waals surface area contributed by atoms with Gasteiger partial charge in [0.05, 0.1) is 5.02 Å². The van der Waals surface area contributed by atoms with Crippen LogP contribution in [0.2, 0.25) is 5.02 Å². The lowest BCUT2D eigenvalue weighted by Gasteiger charge is -2.24. The number of nitrogens with one attached hydrogen (secondary N) is 2. The van der Waals surface area contributed by atoms with Crippen LogP contribution in [0.25, 0.3) is 0 Å². The van der Waals surface area contributed by atoms with Gasteiger partial charge in [0.25, 0.3) is 0 Å². The Kier molecular flexibility index (Phi) is 10.7.